The molecule has 3 saturated carbocycles. The van der Waals surface area contributed by atoms with Crippen LogP contribution in [0.25, 0.3) is 0 Å². The van der Waals surface area contributed by atoms with Crippen molar-refractivity contribution >= 4 is 0 Å². The Morgan fingerprint density at radius 3 is 1.86 bits per heavy atom. The fourth-order valence-corrected chi connectivity index (χ4v) is 14.9. The van der Waals surface area contributed by atoms with Crippen molar-refractivity contribution in [2.24, 2.45) is 46.3 Å². The van der Waals surface area contributed by atoms with Gasteiger partial charge in [0.1, 0.15) is 85.5 Å². The number of aliphatic hydroxyl groups is 13. The first-order valence-corrected chi connectivity index (χ1v) is 26.8. The maximum Gasteiger partial charge on any atom is 0.187 e. The molecule has 73 heavy (non-hydrogen) atoms. The average molecular weight is 1050 g/mol. The van der Waals surface area contributed by atoms with Crippen LogP contribution in [0.1, 0.15) is 99.3 Å². The minimum Gasteiger partial charge on any atom is -0.394 e. The van der Waals surface area contributed by atoms with E-state index in [1.54, 1.807) is 0 Å². The Labute approximate surface area is 426 Å². The van der Waals surface area contributed by atoms with E-state index in [0.29, 0.717) is 43.4 Å². The van der Waals surface area contributed by atoms with Crippen LogP contribution >= 0.6 is 0 Å². The Morgan fingerprint density at radius 1 is 0.644 bits per heavy atom. The Bertz CT molecular complexity index is 1900. The normalized spacial score (nSPS) is 55.5. The van der Waals surface area contributed by atoms with Crippen molar-refractivity contribution < 1.29 is 109 Å². The second-order valence-corrected chi connectivity index (χ2v) is 23.8. The molecule has 8 fully saturated rings. The van der Waals surface area contributed by atoms with E-state index in [1.165, 1.54) is 19.4 Å². The molecule has 5 saturated heterocycles. The fraction of sp³-hybridized carbons (Fsp3) is 0.961. The molecule has 0 aromatic rings. The predicted molar refractivity (Wildman–Crippen MR) is 249 cm³/mol. The molecular formula is C51H84O22. The molecule has 9 aliphatic rings. The smallest absolute Gasteiger partial charge is 0.187 e. The number of aliphatic hydroxyl groups excluding tert-OH is 12. The molecule has 0 aromatic heterocycles. The minimum atomic E-state index is -1.75. The van der Waals surface area contributed by atoms with E-state index in [2.05, 4.69) is 26.8 Å². The van der Waals surface area contributed by atoms with Gasteiger partial charge in [0.25, 0.3) is 0 Å². The summed E-state index contributed by atoms with van der Waals surface area (Å²) in [7, 11) is 0. The van der Waals surface area contributed by atoms with Crippen LogP contribution in [-0.2, 0) is 42.6 Å². The number of allylic oxidation sites excluding steroid dienone is 1. The van der Waals surface area contributed by atoms with Gasteiger partial charge >= 0.3 is 0 Å². The van der Waals surface area contributed by atoms with E-state index in [1.807, 2.05) is 6.92 Å². The Kier molecular flexibility index (Phi) is 16.9. The summed E-state index contributed by atoms with van der Waals surface area (Å²) in [6.45, 7) is 10.7. The SMILES string of the molecule is C[C@H](CC[C@@]1(O)O[C@H]2C[C@H]3[C@@H]4CC=C5C[C@@H](O[C@@H]6O[C@H](CO)[C@@H](O[C@@H]7O[C@@H](C)[C@H](O)[C@@H](O)[C@H]7O)[C@H](O)[C@H]6O[C@@H]6O[C@@H](C)[C@H](O)[C@@H](O)[C@H]6O)CC[C@]5(C)[C@H]4CC[C@]3(C)C2[C@@H]1C)CO[C@@H]1O[C@H](CO)[C@@H](O)[C@H](O)[C@H]1O. The highest BCUT2D eigenvalue weighted by molar-refractivity contribution is 5.26. The fourth-order valence-electron chi connectivity index (χ4n) is 14.9. The summed E-state index contributed by atoms with van der Waals surface area (Å²) in [5.41, 5.74) is 1.07. The minimum absolute atomic E-state index is 0.0589. The molecule has 1 unspecified atom stereocenters. The van der Waals surface area contributed by atoms with Crippen LogP contribution in [0.15, 0.2) is 11.6 Å². The third kappa shape index (κ3) is 10.2. The molecule has 22 heteroatoms. The zero-order valence-corrected chi connectivity index (χ0v) is 42.7. The highest BCUT2D eigenvalue weighted by Gasteiger charge is 2.68. The van der Waals surface area contributed by atoms with Gasteiger partial charge in [-0.15, -0.1) is 0 Å². The molecule has 22 nitrogen and oxygen atoms in total. The molecule has 5 aliphatic heterocycles. The quantitative estimate of drug-likeness (QED) is 0.0839. The van der Waals surface area contributed by atoms with Gasteiger partial charge in [0, 0.05) is 12.3 Å². The summed E-state index contributed by atoms with van der Waals surface area (Å²) in [6.07, 6.45) is -20.5. The first-order valence-electron chi connectivity index (χ1n) is 26.8. The molecule has 5 heterocycles. The van der Waals surface area contributed by atoms with Gasteiger partial charge in [-0.3, -0.25) is 0 Å². The number of rotatable bonds is 14. The monoisotopic (exact) mass is 1050 g/mol. The van der Waals surface area contributed by atoms with Gasteiger partial charge in [0.05, 0.1) is 44.2 Å². The third-order valence-corrected chi connectivity index (χ3v) is 19.5. The lowest BCUT2D eigenvalue weighted by molar-refractivity contribution is -0.388. The molecule has 31 atom stereocenters. The van der Waals surface area contributed by atoms with Crippen LogP contribution in [0.4, 0.5) is 0 Å². The van der Waals surface area contributed by atoms with Crippen molar-refractivity contribution in [3.8, 4) is 0 Å². The van der Waals surface area contributed by atoms with E-state index in [9.17, 15) is 66.4 Å². The van der Waals surface area contributed by atoms with Crippen molar-refractivity contribution in [2.75, 3.05) is 19.8 Å². The largest absolute Gasteiger partial charge is 0.394 e. The van der Waals surface area contributed by atoms with E-state index in [0.717, 1.165) is 32.1 Å². The van der Waals surface area contributed by atoms with Gasteiger partial charge < -0.3 is 109 Å². The average Bonchev–Trinajstić information content (AvgIpc) is 3.80. The number of ether oxygens (including phenoxy) is 9. The maximum absolute atomic E-state index is 12.1. The van der Waals surface area contributed by atoms with Crippen molar-refractivity contribution in [3.63, 3.8) is 0 Å². The van der Waals surface area contributed by atoms with Crippen LogP contribution < -0.4 is 0 Å². The van der Waals surface area contributed by atoms with Crippen LogP contribution in [-0.4, -0.2) is 227 Å². The Hall–Kier alpha value is -1.14. The molecule has 0 aromatic carbocycles. The lowest BCUT2D eigenvalue weighted by atomic mass is 9.47. The van der Waals surface area contributed by atoms with Crippen LogP contribution in [0.5, 0.6) is 0 Å². The van der Waals surface area contributed by atoms with Crippen molar-refractivity contribution in [1.82, 2.24) is 0 Å². The Balaban J connectivity index is 0.846. The molecule has 13 N–H and O–H groups in total. The molecule has 4 aliphatic carbocycles. The summed E-state index contributed by atoms with van der Waals surface area (Å²) >= 11 is 0. The van der Waals surface area contributed by atoms with E-state index in [4.69, 9.17) is 42.6 Å². The summed E-state index contributed by atoms with van der Waals surface area (Å²) in [6, 6.07) is 0. The summed E-state index contributed by atoms with van der Waals surface area (Å²) in [5.74, 6) is -0.232. The topological polar surface area (TPSA) is 346 Å². The molecule has 0 bridgehead atoms. The van der Waals surface area contributed by atoms with E-state index in [-0.39, 0.29) is 41.3 Å². The number of fused-ring (bicyclic) bond motifs is 7. The zero-order chi connectivity index (χ0) is 52.8. The molecule has 0 radical (unpaired) electrons. The molecule has 0 spiro atoms. The third-order valence-electron chi connectivity index (χ3n) is 19.5. The van der Waals surface area contributed by atoms with Gasteiger partial charge in [-0.2, -0.15) is 0 Å². The molecule has 9 rings (SSSR count). The summed E-state index contributed by atoms with van der Waals surface area (Å²) in [5, 5.41) is 139. The summed E-state index contributed by atoms with van der Waals surface area (Å²) in [4.78, 5) is 0. The van der Waals surface area contributed by atoms with Gasteiger partial charge in [0.2, 0.25) is 0 Å². The first kappa shape index (κ1) is 56.6. The second kappa shape index (κ2) is 21.8. The highest BCUT2D eigenvalue weighted by Crippen LogP contribution is 2.70. The van der Waals surface area contributed by atoms with Crippen molar-refractivity contribution in [2.45, 2.75) is 240 Å². The maximum atomic E-state index is 12.1. The molecule has 0 amide bonds. The number of hydrogen-bond acceptors (Lipinski definition) is 22. The van der Waals surface area contributed by atoms with Crippen LogP contribution in [0.3, 0.4) is 0 Å². The van der Waals surface area contributed by atoms with Crippen LogP contribution in [0, 0.1) is 46.3 Å². The van der Waals surface area contributed by atoms with Gasteiger partial charge in [-0.1, -0.05) is 39.3 Å². The predicted octanol–water partition coefficient (Wildman–Crippen LogP) is -1.98. The lowest BCUT2D eigenvalue weighted by Gasteiger charge is -2.58. The zero-order valence-electron chi connectivity index (χ0n) is 42.7. The first-order chi connectivity index (χ1) is 34.5. The molecule has 420 valence electrons. The second-order valence-electron chi connectivity index (χ2n) is 23.8. The van der Waals surface area contributed by atoms with Gasteiger partial charge in [-0.25, -0.2) is 0 Å². The van der Waals surface area contributed by atoms with Crippen molar-refractivity contribution in [1.29, 1.82) is 0 Å². The highest BCUT2D eigenvalue weighted by atomic mass is 16.8. The van der Waals surface area contributed by atoms with Crippen LogP contribution in [0.2, 0.25) is 0 Å². The van der Waals surface area contributed by atoms with E-state index < -0.39 is 148 Å². The summed E-state index contributed by atoms with van der Waals surface area (Å²) < 4.78 is 54.6. The molecular weight excluding hydrogens is 965 g/mol. The van der Waals surface area contributed by atoms with Gasteiger partial charge in [-0.05, 0) is 106 Å². The van der Waals surface area contributed by atoms with E-state index >= 15 is 0 Å². The number of hydrogen-bond donors (Lipinski definition) is 13. The van der Waals surface area contributed by atoms with Crippen molar-refractivity contribution in [3.05, 3.63) is 11.6 Å². The van der Waals surface area contributed by atoms with Gasteiger partial charge in [0.15, 0.2) is 30.9 Å². The Morgan fingerprint density at radius 2 is 1.23 bits per heavy atom. The lowest BCUT2D eigenvalue weighted by Crippen LogP contribution is -2.66. The standard InChI is InChI=1S/C51H84O22/c1-20(19-65-45-39(60)38(59)35(56)30(17-52)69-45)9-14-51(64)21(2)32-29(73-51)16-28-26-8-7-24-15-25(10-12-49(24,5)27(26)11-13-50(28,32)6)68-48-44(72-47-41(62)37(58)34(55)23(4)67-47)42(63)43(31(18-53)70-48)71-46-40(61)36(57)33(54)22(3)66-46/h7,20-23,25-48,52-64H,8-19H2,1-6H3/t20-,21+,22+,23+,25+,26-,27+,28+,29+,30-,31-,32?,33+,34+,35-,36-,37-,38+,39-,40-,41-,42+,43-,44-,45-,46+,47+,48-,49+,50+,51-/m1/s1.